The van der Waals surface area contributed by atoms with E-state index in [1.165, 1.54) is 12.3 Å². The van der Waals surface area contributed by atoms with E-state index >= 15 is 0 Å². The summed E-state index contributed by atoms with van der Waals surface area (Å²) < 4.78 is 17.2. The lowest BCUT2D eigenvalue weighted by molar-refractivity contribution is 0.102. The fourth-order valence-electron chi connectivity index (χ4n) is 3.48. The number of amides is 1. The summed E-state index contributed by atoms with van der Waals surface area (Å²) in [7, 11) is 0. The summed E-state index contributed by atoms with van der Waals surface area (Å²) in [6.07, 6.45) is 6.35. The van der Waals surface area contributed by atoms with Gasteiger partial charge < -0.3 is 19.9 Å². The second-order valence-corrected chi connectivity index (χ2v) is 7.32. The van der Waals surface area contributed by atoms with Crippen LogP contribution in [-0.2, 0) is 0 Å². The van der Waals surface area contributed by atoms with Crippen molar-refractivity contribution in [2.75, 3.05) is 48.0 Å². The molecule has 1 amide bonds. The molecule has 9 nitrogen and oxygen atoms in total. The molecule has 1 aliphatic heterocycles. The van der Waals surface area contributed by atoms with Gasteiger partial charge in [-0.15, -0.1) is 0 Å². The van der Waals surface area contributed by atoms with E-state index in [1.807, 2.05) is 18.2 Å². The number of rotatable bonds is 7. The third-order valence-electron chi connectivity index (χ3n) is 5.08. The number of anilines is 3. The molecule has 10 heteroatoms. The van der Waals surface area contributed by atoms with Gasteiger partial charge in [0.05, 0.1) is 23.6 Å². The highest BCUT2D eigenvalue weighted by Gasteiger charge is 2.26. The number of nitrogens with zero attached hydrogens (tertiary/aromatic N) is 6. The van der Waals surface area contributed by atoms with E-state index in [9.17, 15) is 9.18 Å². The second kappa shape index (κ2) is 9.99. The summed E-state index contributed by atoms with van der Waals surface area (Å²) >= 11 is 0. The summed E-state index contributed by atoms with van der Waals surface area (Å²) in [5, 5.41) is 2.75. The fraction of sp³-hybridized carbons (Fsp3) is 0.318. The zero-order valence-corrected chi connectivity index (χ0v) is 17.7. The summed E-state index contributed by atoms with van der Waals surface area (Å²) in [5.74, 6) is 1.51. The molecule has 0 radical (unpaired) electrons. The lowest BCUT2D eigenvalue weighted by Crippen LogP contribution is -2.53. The number of halogens is 1. The molecule has 3 aromatic rings. The Balaban J connectivity index is 1.34. The van der Waals surface area contributed by atoms with E-state index in [0.29, 0.717) is 17.2 Å². The first kappa shape index (κ1) is 21.4. The largest absolute Gasteiger partial charge is 0.475 e. The minimum atomic E-state index is -0.599. The molecule has 4 heterocycles. The average molecular weight is 437 g/mol. The van der Waals surface area contributed by atoms with Crippen LogP contribution in [0.1, 0.15) is 17.3 Å². The van der Waals surface area contributed by atoms with E-state index in [1.54, 1.807) is 24.7 Å². The molecule has 3 aromatic heterocycles. The van der Waals surface area contributed by atoms with Gasteiger partial charge in [-0.3, -0.25) is 4.79 Å². The lowest BCUT2D eigenvalue weighted by atomic mass is 10.2. The van der Waals surface area contributed by atoms with Gasteiger partial charge in [0, 0.05) is 44.1 Å². The average Bonchev–Trinajstić information content (AvgIpc) is 2.84. The van der Waals surface area contributed by atoms with Gasteiger partial charge in [-0.25, -0.2) is 24.3 Å². The maximum Gasteiger partial charge on any atom is 0.257 e. The summed E-state index contributed by atoms with van der Waals surface area (Å²) in [4.78, 5) is 34.1. The van der Waals surface area contributed by atoms with Gasteiger partial charge in [-0.05, 0) is 25.1 Å². The number of alkyl halides is 1. The van der Waals surface area contributed by atoms with Gasteiger partial charge in [0.1, 0.15) is 19.1 Å². The molecular formula is C22H24FN7O2. The number of ether oxygens (including phenoxy) is 1. The van der Waals surface area contributed by atoms with Crippen molar-refractivity contribution in [2.24, 2.45) is 0 Å². The zero-order chi connectivity index (χ0) is 22.3. The minimum absolute atomic E-state index is 0.0704. The summed E-state index contributed by atoms with van der Waals surface area (Å²) in [6.45, 7) is 3.86. The molecule has 1 saturated heterocycles. The maximum absolute atomic E-state index is 12.4. The van der Waals surface area contributed by atoms with Crippen molar-refractivity contribution >= 4 is 23.4 Å². The van der Waals surface area contributed by atoms with E-state index < -0.39 is 6.67 Å². The molecule has 0 aromatic carbocycles. The molecule has 0 bridgehead atoms. The highest BCUT2D eigenvalue weighted by atomic mass is 19.1. The zero-order valence-electron chi connectivity index (χ0n) is 17.7. The highest BCUT2D eigenvalue weighted by Crippen LogP contribution is 2.21. The number of nitrogens with one attached hydrogen (secondary N) is 1. The highest BCUT2D eigenvalue weighted by molar-refractivity contribution is 6.03. The third-order valence-corrected chi connectivity index (χ3v) is 5.08. The van der Waals surface area contributed by atoms with Crippen molar-refractivity contribution in [1.29, 1.82) is 0 Å². The first-order valence-corrected chi connectivity index (χ1v) is 10.3. The Morgan fingerprint density at radius 3 is 2.62 bits per heavy atom. The van der Waals surface area contributed by atoms with Crippen LogP contribution >= 0.6 is 0 Å². The normalized spacial score (nSPS) is 16.0. The Morgan fingerprint density at radius 1 is 1.12 bits per heavy atom. The standard InChI is InChI=1S/C22H24FN7O2/c1-16-15-29(19-4-2-3-8-24-19)9-10-30(16)22-26-13-18(14-27-22)28-21(31)17-5-6-20(25-12-17)32-11-7-23/h2-6,8,12-14,16H,7,9-11,15H2,1H3,(H,28,31)/t16-/m0/s1. The number of hydrogen-bond donors (Lipinski definition) is 1. The SMILES string of the molecule is C[C@H]1CN(c2ccccn2)CCN1c1ncc(NC(=O)c2ccc(OCCF)nc2)cn1. The van der Waals surface area contributed by atoms with Gasteiger partial charge >= 0.3 is 0 Å². The van der Waals surface area contributed by atoms with Crippen LogP contribution in [0.2, 0.25) is 0 Å². The van der Waals surface area contributed by atoms with Crippen LogP contribution in [0.15, 0.2) is 55.1 Å². The Morgan fingerprint density at radius 2 is 1.97 bits per heavy atom. The van der Waals surface area contributed by atoms with Crippen LogP contribution in [0.5, 0.6) is 5.88 Å². The minimum Gasteiger partial charge on any atom is -0.475 e. The number of aromatic nitrogens is 4. The Hall–Kier alpha value is -3.82. The molecule has 166 valence electrons. The number of carbonyl (C=O) groups excluding carboxylic acids is 1. The monoisotopic (exact) mass is 437 g/mol. The van der Waals surface area contributed by atoms with Crippen molar-refractivity contribution in [3.8, 4) is 5.88 Å². The van der Waals surface area contributed by atoms with Crippen molar-refractivity contribution in [3.63, 3.8) is 0 Å². The molecule has 1 atom stereocenters. The maximum atomic E-state index is 12.4. The van der Waals surface area contributed by atoms with Crippen LogP contribution in [0.4, 0.5) is 21.8 Å². The number of carbonyl (C=O) groups is 1. The first-order valence-electron chi connectivity index (χ1n) is 10.3. The molecule has 0 saturated carbocycles. The van der Waals surface area contributed by atoms with E-state index in [4.69, 9.17) is 4.74 Å². The summed E-state index contributed by atoms with van der Waals surface area (Å²) in [6, 6.07) is 9.20. The number of pyridine rings is 2. The molecule has 0 aliphatic carbocycles. The Kier molecular flexibility index (Phi) is 6.69. The molecule has 1 aliphatic rings. The summed E-state index contributed by atoms with van der Waals surface area (Å²) in [5.41, 5.74) is 0.831. The van der Waals surface area contributed by atoms with Crippen molar-refractivity contribution in [3.05, 3.63) is 60.7 Å². The Labute approximate surface area is 185 Å². The fourth-order valence-corrected chi connectivity index (χ4v) is 3.48. The van der Waals surface area contributed by atoms with Crippen molar-refractivity contribution in [1.82, 2.24) is 19.9 Å². The van der Waals surface area contributed by atoms with Gasteiger partial charge in [-0.1, -0.05) is 6.07 Å². The van der Waals surface area contributed by atoms with Gasteiger partial charge in [-0.2, -0.15) is 0 Å². The van der Waals surface area contributed by atoms with Gasteiger partial charge in [0.15, 0.2) is 0 Å². The molecule has 1 fully saturated rings. The number of piperazine rings is 1. The van der Waals surface area contributed by atoms with E-state index in [-0.39, 0.29) is 24.4 Å². The Bertz CT molecular complexity index is 1020. The molecular weight excluding hydrogens is 413 g/mol. The van der Waals surface area contributed by atoms with E-state index in [2.05, 4.69) is 42.0 Å². The van der Waals surface area contributed by atoms with Crippen LogP contribution < -0.4 is 19.9 Å². The topological polar surface area (TPSA) is 96.4 Å². The van der Waals surface area contributed by atoms with Crippen LogP contribution in [0.3, 0.4) is 0 Å². The van der Waals surface area contributed by atoms with Crippen LogP contribution in [-0.4, -0.2) is 64.8 Å². The quantitative estimate of drug-likeness (QED) is 0.603. The lowest BCUT2D eigenvalue weighted by Gasteiger charge is -2.40. The smallest absolute Gasteiger partial charge is 0.257 e. The van der Waals surface area contributed by atoms with Crippen molar-refractivity contribution in [2.45, 2.75) is 13.0 Å². The van der Waals surface area contributed by atoms with Gasteiger partial charge in [0.25, 0.3) is 5.91 Å². The molecule has 32 heavy (non-hydrogen) atoms. The second-order valence-electron chi connectivity index (χ2n) is 7.32. The molecule has 0 spiro atoms. The first-order chi connectivity index (χ1) is 15.6. The molecule has 1 N–H and O–H groups in total. The van der Waals surface area contributed by atoms with Crippen LogP contribution in [0.25, 0.3) is 0 Å². The molecule has 0 unspecified atom stereocenters. The number of hydrogen-bond acceptors (Lipinski definition) is 8. The van der Waals surface area contributed by atoms with Crippen molar-refractivity contribution < 1.29 is 13.9 Å². The van der Waals surface area contributed by atoms with Crippen LogP contribution in [0, 0.1) is 0 Å². The predicted molar refractivity (Wildman–Crippen MR) is 119 cm³/mol. The third kappa shape index (κ3) is 5.08. The predicted octanol–water partition coefficient (Wildman–Crippen LogP) is 2.58. The van der Waals surface area contributed by atoms with E-state index in [0.717, 1.165) is 25.5 Å². The van der Waals surface area contributed by atoms with Gasteiger partial charge in [0.2, 0.25) is 11.8 Å². The molecule has 4 rings (SSSR count).